The van der Waals surface area contributed by atoms with Gasteiger partial charge in [-0.15, -0.1) is 0 Å². The molecule has 1 fully saturated rings. The summed E-state index contributed by atoms with van der Waals surface area (Å²) in [6, 6.07) is 9.80. The molecule has 1 saturated carbocycles. The van der Waals surface area contributed by atoms with Crippen LogP contribution in [0.4, 0.5) is 4.79 Å². The van der Waals surface area contributed by atoms with Gasteiger partial charge in [-0.1, -0.05) is 30.3 Å². The van der Waals surface area contributed by atoms with Crippen molar-refractivity contribution in [2.45, 2.75) is 44.4 Å². The second kappa shape index (κ2) is 7.53. The van der Waals surface area contributed by atoms with Crippen molar-refractivity contribution in [1.29, 1.82) is 0 Å². The van der Waals surface area contributed by atoms with Gasteiger partial charge in [0.1, 0.15) is 6.61 Å². The molecule has 1 aromatic rings. The second-order valence-electron chi connectivity index (χ2n) is 5.05. The second-order valence-corrected chi connectivity index (χ2v) is 5.05. The zero-order valence-corrected chi connectivity index (χ0v) is 11.4. The molecule has 0 aliphatic heterocycles. The van der Waals surface area contributed by atoms with E-state index in [-0.39, 0.29) is 18.7 Å². The highest BCUT2D eigenvalue weighted by Gasteiger charge is 2.23. The fourth-order valence-corrected chi connectivity index (χ4v) is 2.50. The summed E-state index contributed by atoms with van der Waals surface area (Å²) in [5.41, 5.74) is 0.965. The van der Waals surface area contributed by atoms with Crippen molar-refractivity contribution in [2.24, 2.45) is 0 Å². The summed E-state index contributed by atoms with van der Waals surface area (Å²) in [5.74, 6) is 0. The standard InChI is InChI=1S/C15H20N2O3/c18-11-16-13-7-4-8-14(9-13)17-15(19)20-10-12-5-2-1-3-6-12/h1-3,5-6,11,13-14H,4,7-10H2,(H,16,18)(H,17,19)/t13-,14+/m1/s1. The van der Waals surface area contributed by atoms with E-state index in [1.807, 2.05) is 30.3 Å². The van der Waals surface area contributed by atoms with E-state index < -0.39 is 6.09 Å². The molecule has 0 aromatic heterocycles. The molecule has 2 atom stereocenters. The van der Waals surface area contributed by atoms with Crippen LogP contribution in [-0.2, 0) is 16.1 Å². The van der Waals surface area contributed by atoms with Gasteiger partial charge in [-0.2, -0.15) is 0 Å². The molecule has 0 saturated heterocycles. The minimum Gasteiger partial charge on any atom is -0.445 e. The van der Waals surface area contributed by atoms with Crippen LogP contribution < -0.4 is 10.6 Å². The molecule has 5 nitrogen and oxygen atoms in total. The first kappa shape index (κ1) is 14.4. The molecular formula is C15H20N2O3. The number of hydrogen-bond donors (Lipinski definition) is 2. The molecule has 0 bridgehead atoms. The maximum atomic E-state index is 11.7. The highest BCUT2D eigenvalue weighted by molar-refractivity contribution is 5.67. The Balaban J connectivity index is 1.72. The van der Waals surface area contributed by atoms with E-state index in [9.17, 15) is 9.59 Å². The van der Waals surface area contributed by atoms with Crippen molar-refractivity contribution in [1.82, 2.24) is 10.6 Å². The molecule has 5 heteroatoms. The van der Waals surface area contributed by atoms with Crippen LogP contribution in [-0.4, -0.2) is 24.6 Å². The third kappa shape index (κ3) is 4.57. The van der Waals surface area contributed by atoms with Gasteiger partial charge in [-0.05, 0) is 31.2 Å². The molecule has 0 unspecified atom stereocenters. The Hall–Kier alpha value is -2.04. The lowest BCUT2D eigenvalue weighted by atomic mass is 9.91. The average Bonchev–Trinajstić information content (AvgIpc) is 2.47. The lowest BCUT2D eigenvalue weighted by Crippen LogP contribution is -2.43. The van der Waals surface area contributed by atoms with Crippen LogP contribution in [0, 0.1) is 0 Å². The highest BCUT2D eigenvalue weighted by Crippen LogP contribution is 2.18. The van der Waals surface area contributed by atoms with Crippen molar-refractivity contribution in [3.8, 4) is 0 Å². The number of alkyl carbamates (subject to hydrolysis) is 1. The molecule has 0 radical (unpaired) electrons. The molecule has 1 aliphatic rings. The predicted octanol–water partition coefficient (Wildman–Crippen LogP) is 1.97. The minimum atomic E-state index is -0.398. The van der Waals surface area contributed by atoms with Crippen LogP contribution in [0.3, 0.4) is 0 Å². The Labute approximate surface area is 118 Å². The highest BCUT2D eigenvalue weighted by atomic mass is 16.5. The summed E-state index contributed by atoms with van der Waals surface area (Å²) < 4.78 is 5.19. The molecule has 1 aromatic carbocycles. The lowest BCUT2D eigenvalue weighted by molar-refractivity contribution is -0.110. The first-order valence-corrected chi connectivity index (χ1v) is 6.95. The van der Waals surface area contributed by atoms with E-state index >= 15 is 0 Å². The molecule has 108 valence electrons. The SMILES string of the molecule is O=CN[C@@H]1CCC[C@H](NC(=O)OCc2ccccc2)C1. The molecule has 2 rings (SSSR count). The van der Waals surface area contributed by atoms with Gasteiger partial charge < -0.3 is 15.4 Å². The Bertz CT molecular complexity index is 436. The fourth-order valence-electron chi connectivity index (χ4n) is 2.50. The Kier molecular flexibility index (Phi) is 5.41. The summed E-state index contributed by atoms with van der Waals surface area (Å²) >= 11 is 0. The maximum Gasteiger partial charge on any atom is 0.407 e. The number of rotatable bonds is 5. The van der Waals surface area contributed by atoms with E-state index in [1.165, 1.54) is 0 Å². The van der Waals surface area contributed by atoms with Crippen LogP contribution in [0.15, 0.2) is 30.3 Å². The maximum absolute atomic E-state index is 11.7. The number of nitrogens with one attached hydrogen (secondary N) is 2. The van der Waals surface area contributed by atoms with Crippen LogP contribution >= 0.6 is 0 Å². The topological polar surface area (TPSA) is 67.4 Å². The summed E-state index contributed by atoms with van der Waals surface area (Å²) in [6.45, 7) is 0.273. The zero-order chi connectivity index (χ0) is 14.2. The molecule has 0 heterocycles. The molecule has 20 heavy (non-hydrogen) atoms. The Morgan fingerprint density at radius 1 is 1.25 bits per heavy atom. The fraction of sp³-hybridized carbons (Fsp3) is 0.467. The summed E-state index contributed by atoms with van der Waals surface area (Å²) in [5, 5.41) is 5.63. The zero-order valence-electron chi connectivity index (χ0n) is 11.4. The first-order chi connectivity index (χ1) is 9.78. The lowest BCUT2D eigenvalue weighted by Gasteiger charge is -2.28. The van der Waals surface area contributed by atoms with Gasteiger partial charge >= 0.3 is 6.09 Å². The summed E-state index contributed by atoms with van der Waals surface area (Å²) in [6.07, 6.45) is 3.98. The third-order valence-corrected chi connectivity index (χ3v) is 3.51. The molecule has 0 spiro atoms. The van der Waals surface area contributed by atoms with E-state index in [1.54, 1.807) is 0 Å². The van der Waals surface area contributed by atoms with Gasteiger partial charge in [0, 0.05) is 12.1 Å². The van der Waals surface area contributed by atoms with Crippen molar-refractivity contribution >= 4 is 12.5 Å². The van der Waals surface area contributed by atoms with E-state index in [4.69, 9.17) is 4.74 Å². The Morgan fingerprint density at radius 3 is 2.75 bits per heavy atom. The number of carbonyl (C=O) groups excluding carboxylic acids is 2. The van der Waals surface area contributed by atoms with Gasteiger partial charge in [0.15, 0.2) is 0 Å². The summed E-state index contributed by atoms with van der Waals surface area (Å²) in [7, 11) is 0. The number of benzene rings is 1. The third-order valence-electron chi connectivity index (χ3n) is 3.51. The van der Waals surface area contributed by atoms with Crippen LogP contribution in [0.25, 0.3) is 0 Å². The van der Waals surface area contributed by atoms with Crippen molar-refractivity contribution < 1.29 is 14.3 Å². The summed E-state index contributed by atoms with van der Waals surface area (Å²) in [4.78, 5) is 22.2. The number of hydrogen-bond acceptors (Lipinski definition) is 3. The number of carbonyl (C=O) groups is 2. The molecule has 1 aliphatic carbocycles. The van der Waals surface area contributed by atoms with Crippen LogP contribution in [0.5, 0.6) is 0 Å². The smallest absolute Gasteiger partial charge is 0.407 e. The van der Waals surface area contributed by atoms with Gasteiger partial charge in [0.25, 0.3) is 0 Å². The monoisotopic (exact) mass is 276 g/mol. The van der Waals surface area contributed by atoms with Crippen LogP contribution in [0.1, 0.15) is 31.2 Å². The van der Waals surface area contributed by atoms with Crippen molar-refractivity contribution in [3.05, 3.63) is 35.9 Å². The van der Waals surface area contributed by atoms with Crippen molar-refractivity contribution in [2.75, 3.05) is 0 Å². The largest absolute Gasteiger partial charge is 0.445 e. The normalized spacial score (nSPS) is 21.8. The number of ether oxygens (including phenoxy) is 1. The molecular weight excluding hydrogens is 256 g/mol. The quantitative estimate of drug-likeness (QED) is 0.808. The predicted molar refractivity (Wildman–Crippen MR) is 75.0 cm³/mol. The van der Waals surface area contributed by atoms with E-state index in [0.29, 0.717) is 0 Å². The Morgan fingerprint density at radius 2 is 2.00 bits per heavy atom. The van der Waals surface area contributed by atoms with E-state index in [0.717, 1.165) is 37.7 Å². The van der Waals surface area contributed by atoms with E-state index in [2.05, 4.69) is 10.6 Å². The minimum absolute atomic E-state index is 0.0736. The van der Waals surface area contributed by atoms with Crippen LogP contribution in [0.2, 0.25) is 0 Å². The van der Waals surface area contributed by atoms with Gasteiger partial charge in [-0.3, -0.25) is 4.79 Å². The van der Waals surface area contributed by atoms with Crippen molar-refractivity contribution in [3.63, 3.8) is 0 Å². The molecule has 2 amide bonds. The average molecular weight is 276 g/mol. The first-order valence-electron chi connectivity index (χ1n) is 6.95. The van der Waals surface area contributed by atoms with Gasteiger partial charge in [0.2, 0.25) is 6.41 Å². The molecule has 2 N–H and O–H groups in total. The van der Waals surface area contributed by atoms with Gasteiger partial charge in [0.05, 0.1) is 0 Å². The van der Waals surface area contributed by atoms with Gasteiger partial charge in [-0.25, -0.2) is 4.79 Å². The number of amides is 2.